The molecule has 0 aliphatic carbocycles. The second kappa shape index (κ2) is 6.08. The number of hydrogen-bond donors (Lipinski definition) is 0. The zero-order valence-corrected chi connectivity index (χ0v) is 15.3. The molecule has 27 heavy (non-hydrogen) atoms. The number of ketones is 1. The van der Waals surface area contributed by atoms with E-state index in [1.54, 1.807) is 0 Å². The van der Waals surface area contributed by atoms with Gasteiger partial charge in [0.1, 0.15) is 5.82 Å². The average molecular weight is 364 g/mol. The molecule has 0 bridgehead atoms. The lowest BCUT2D eigenvalue weighted by Gasteiger charge is -2.37. The number of halogens is 1. The summed E-state index contributed by atoms with van der Waals surface area (Å²) in [6.45, 7) is 6.16. The Bertz CT molecular complexity index is 1030. The summed E-state index contributed by atoms with van der Waals surface area (Å²) in [5.41, 5.74) is 4.88. The van der Waals surface area contributed by atoms with Gasteiger partial charge in [-0.15, -0.1) is 0 Å². The molecule has 0 atom stereocenters. The lowest BCUT2D eigenvalue weighted by molar-refractivity contribution is 0.0973. The van der Waals surface area contributed by atoms with Crippen molar-refractivity contribution in [3.63, 3.8) is 0 Å². The normalized spacial score (nSPS) is 17.0. The van der Waals surface area contributed by atoms with Gasteiger partial charge in [0.15, 0.2) is 5.78 Å². The lowest BCUT2D eigenvalue weighted by atomic mass is 10.0. The summed E-state index contributed by atoms with van der Waals surface area (Å²) >= 11 is 0. The zero-order chi connectivity index (χ0) is 18.5. The topological polar surface area (TPSA) is 41.4 Å². The lowest BCUT2D eigenvalue weighted by Crippen LogP contribution is -2.47. The summed E-state index contributed by atoms with van der Waals surface area (Å²) in [7, 11) is 0. The first-order valence-corrected chi connectivity index (χ1v) is 9.40. The Labute approximate surface area is 157 Å². The van der Waals surface area contributed by atoms with Crippen LogP contribution in [0.1, 0.15) is 22.3 Å². The van der Waals surface area contributed by atoms with E-state index >= 15 is 0 Å². The highest BCUT2D eigenvalue weighted by Gasteiger charge is 2.28. The van der Waals surface area contributed by atoms with Gasteiger partial charge in [0.2, 0.25) is 5.95 Å². The summed E-state index contributed by atoms with van der Waals surface area (Å²) < 4.78 is 15.4. The molecule has 3 heterocycles. The van der Waals surface area contributed by atoms with Crippen LogP contribution in [0.25, 0.3) is 11.0 Å². The predicted molar refractivity (Wildman–Crippen MR) is 104 cm³/mol. The molecular weight excluding hydrogens is 343 g/mol. The molecule has 5 nitrogen and oxygen atoms in total. The smallest absolute Gasteiger partial charge is 0.206 e. The van der Waals surface area contributed by atoms with Gasteiger partial charge in [0.25, 0.3) is 0 Å². The number of hydrogen-bond acceptors (Lipinski definition) is 4. The number of imidazole rings is 1. The maximum Gasteiger partial charge on any atom is 0.206 e. The summed E-state index contributed by atoms with van der Waals surface area (Å²) in [5, 5.41) is 0. The fourth-order valence-electron chi connectivity index (χ4n) is 4.20. The number of carbonyl (C=O) groups is 1. The van der Waals surface area contributed by atoms with Crippen LogP contribution in [-0.4, -0.2) is 41.5 Å². The van der Waals surface area contributed by atoms with Gasteiger partial charge in [-0.3, -0.25) is 4.79 Å². The highest BCUT2D eigenvalue weighted by atomic mass is 19.1. The number of nitrogens with zero attached hydrogens (tertiary/aromatic N) is 4. The Morgan fingerprint density at radius 2 is 1.63 bits per heavy atom. The maximum atomic E-state index is 13.2. The van der Waals surface area contributed by atoms with Gasteiger partial charge >= 0.3 is 0 Å². The molecule has 0 saturated carbocycles. The molecule has 1 saturated heterocycles. The van der Waals surface area contributed by atoms with E-state index in [1.807, 2.05) is 31.2 Å². The van der Waals surface area contributed by atoms with Crippen LogP contribution in [0.2, 0.25) is 0 Å². The highest BCUT2D eigenvalue weighted by Crippen LogP contribution is 2.32. The van der Waals surface area contributed by atoms with E-state index in [4.69, 9.17) is 4.98 Å². The molecule has 0 unspecified atom stereocenters. The average Bonchev–Trinajstić information content (AvgIpc) is 3.08. The fourth-order valence-corrected chi connectivity index (χ4v) is 4.20. The number of piperazine rings is 1. The van der Waals surface area contributed by atoms with Crippen molar-refractivity contribution in [2.75, 3.05) is 36.0 Å². The van der Waals surface area contributed by atoms with Crippen LogP contribution in [0, 0.1) is 12.7 Å². The molecule has 0 radical (unpaired) electrons. The SMILES string of the molecule is Cc1ccc2c3c1nc(N1CCN(c4ccc(F)cc4)CC1)n3CCC2=O. The van der Waals surface area contributed by atoms with Crippen molar-refractivity contribution in [1.82, 2.24) is 9.55 Å². The highest BCUT2D eigenvalue weighted by molar-refractivity contribution is 6.08. The van der Waals surface area contributed by atoms with E-state index in [9.17, 15) is 9.18 Å². The fraction of sp³-hybridized carbons (Fsp3) is 0.333. The molecule has 2 aliphatic heterocycles. The van der Waals surface area contributed by atoms with Gasteiger partial charge < -0.3 is 14.4 Å². The van der Waals surface area contributed by atoms with Gasteiger partial charge in [-0.25, -0.2) is 9.37 Å². The standard InChI is InChI=1S/C21H21FN4O/c1-14-2-7-17-18(27)8-9-26-20(17)19(14)23-21(26)25-12-10-24(11-13-25)16-5-3-15(22)4-6-16/h2-7H,8-13H2,1H3. The van der Waals surface area contributed by atoms with Gasteiger partial charge in [0, 0.05) is 50.4 Å². The van der Waals surface area contributed by atoms with Crippen molar-refractivity contribution in [3.8, 4) is 0 Å². The third kappa shape index (κ3) is 2.59. The molecular formula is C21H21FN4O. The minimum absolute atomic E-state index is 0.207. The van der Waals surface area contributed by atoms with E-state index in [-0.39, 0.29) is 11.6 Å². The minimum atomic E-state index is -0.207. The number of Topliss-reactive ketones (excluding diaryl/α,β-unsaturated/α-hetero) is 1. The van der Waals surface area contributed by atoms with Crippen molar-refractivity contribution < 1.29 is 9.18 Å². The van der Waals surface area contributed by atoms with Crippen LogP contribution in [0.4, 0.5) is 16.0 Å². The van der Waals surface area contributed by atoms with Crippen LogP contribution < -0.4 is 9.80 Å². The zero-order valence-electron chi connectivity index (χ0n) is 15.3. The van der Waals surface area contributed by atoms with Crippen molar-refractivity contribution >= 4 is 28.5 Å². The van der Waals surface area contributed by atoms with Crippen molar-refractivity contribution in [3.05, 3.63) is 53.3 Å². The predicted octanol–water partition coefficient (Wildman–Crippen LogP) is 3.40. The second-order valence-corrected chi connectivity index (χ2v) is 7.31. The third-order valence-corrected chi connectivity index (χ3v) is 5.69. The molecule has 138 valence electrons. The number of anilines is 2. The van der Waals surface area contributed by atoms with Gasteiger partial charge in [-0.05, 0) is 42.8 Å². The number of rotatable bonds is 2. The molecule has 2 aliphatic rings. The van der Waals surface area contributed by atoms with Crippen LogP contribution in [-0.2, 0) is 6.54 Å². The van der Waals surface area contributed by atoms with Crippen LogP contribution in [0.5, 0.6) is 0 Å². The Kier molecular flexibility index (Phi) is 3.67. The molecule has 0 N–H and O–H groups in total. The summed E-state index contributed by atoms with van der Waals surface area (Å²) in [5.74, 6) is 0.966. The Morgan fingerprint density at radius 3 is 2.37 bits per heavy atom. The molecule has 1 aromatic heterocycles. The van der Waals surface area contributed by atoms with Crippen LogP contribution in [0.15, 0.2) is 36.4 Å². The van der Waals surface area contributed by atoms with E-state index < -0.39 is 0 Å². The maximum absolute atomic E-state index is 13.2. The first-order valence-electron chi connectivity index (χ1n) is 9.40. The molecule has 2 aromatic carbocycles. The largest absolute Gasteiger partial charge is 0.368 e. The summed E-state index contributed by atoms with van der Waals surface area (Å²) in [6, 6.07) is 10.6. The first kappa shape index (κ1) is 16.3. The van der Waals surface area contributed by atoms with E-state index in [0.717, 1.165) is 60.0 Å². The first-order chi connectivity index (χ1) is 13.1. The van der Waals surface area contributed by atoms with E-state index in [1.165, 1.54) is 12.1 Å². The Morgan fingerprint density at radius 1 is 0.926 bits per heavy atom. The molecule has 5 rings (SSSR count). The van der Waals surface area contributed by atoms with Crippen molar-refractivity contribution in [1.29, 1.82) is 0 Å². The Balaban J connectivity index is 1.45. The number of carbonyl (C=O) groups excluding carboxylic acids is 1. The Hall–Kier alpha value is -2.89. The quantitative estimate of drug-likeness (QED) is 0.699. The van der Waals surface area contributed by atoms with Gasteiger partial charge in [-0.2, -0.15) is 0 Å². The van der Waals surface area contributed by atoms with Crippen molar-refractivity contribution in [2.24, 2.45) is 0 Å². The van der Waals surface area contributed by atoms with Gasteiger partial charge in [0.05, 0.1) is 11.0 Å². The molecule has 3 aromatic rings. The van der Waals surface area contributed by atoms with E-state index in [2.05, 4.69) is 14.4 Å². The van der Waals surface area contributed by atoms with Crippen LogP contribution >= 0.6 is 0 Å². The molecule has 0 spiro atoms. The third-order valence-electron chi connectivity index (χ3n) is 5.69. The molecule has 0 amide bonds. The van der Waals surface area contributed by atoms with Gasteiger partial charge in [-0.1, -0.05) is 6.07 Å². The summed E-state index contributed by atoms with van der Waals surface area (Å²) in [6.07, 6.45) is 0.532. The van der Waals surface area contributed by atoms with Crippen LogP contribution in [0.3, 0.4) is 0 Å². The number of aromatic nitrogens is 2. The van der Waals surface area contributed by atoms with E-state index in [0.29, 0.717) is 13.0 Å². The number of aryl methyl sites for hydroxylation is 2. The molecule has 1 fully saturated rings. The number of benzene rings is 2. The monoisotopic (exact) mass is 364 g/mol. The summed E-state index contributed by atoms with van der Waals surface area (Å²) in [4.78, 5) is 21.8. The second-order valence-electron chi connectivity index (χ2n) is 7.31. The minimum Gasteiger partial charge on any atom is -0.368 e. The molecule has 6 heteroatoms. The van der Waals surface area contributed by atoms with Crippen molar-refractivity contribution in [2.45, 2.75) is 19.9 Å².